The number of carbonyl (C=O) groups excluding carboxylic acids is 1. The Morgan fingerprint density at radius 1 is 1.50 bits per heavy atom. The number of hydrogen-bond donors (Lipinski definition) is 1. The van der Waals surface area contributed by atoms with Crippen LogP contribution in [-0.4, -0.2) is 32.2 Å². The number of nitrogens with two attached hydrogens (primary N) is 1. The van der Waals surface area contributed by atoms with Gasteiger partial charge in [-0.3, -0.25) is 0 Å². The number of hydrogen-bond acceptors (Lipinski definition) is 3. The molecule has 5 heteroatoms. The van der Waals surface area contributed by atoms with Crippen LogP contribution in [-0.2, 0) is 11.2 Å². The fourth-order valence-electron chi connectivity index (χ4n) is 1.38. The summed E-state index contributed by atoms with van der Waals surface area (Å²) in [6.45, 7) is 1.79. The van der Waals surface area contributed by atoms with Crippen LogP contribution in [0, 0.1) is 0 Å². The molecule has 0 spiro atoms. The first-order chi connectivity index (χ1) is 7.44. The van der Waals surface area contributed by atoms with Crippen LogP contribution in [0.3, 0.4) is 0 Å². The summed E-state index contributed by atoms with van der Waals surface area (Å²) in [6.07, 6.45) is -0.244. The van der Waals surface area contributed by atoms with Gasteiger partial charge in [-0.15, -0.1) is 0 Å². The van der Waals surface area contributed by atoms with Crippen LogP contribution in [0.4, 0.5) is 4.79 Å². The molecule has 1 rings (SSSR count). The van der Waals surface area contributed by atoms with E-state index in [-0.39, 0.29) is 0 Å². The van der Waals surface area contributed by atoms with Crippen molar-refractivity contribution in [1.29, 1.82) is 0 Å². The van der Waals surface area contributed by atoms with Crippen LogP contribution in [0.2, 0.25) is 0 Å². The molecular formula is C11H14AsNO2S. The molecule has 0 saturated carbocycles. The number of thiocarbonyl (C=S) groups is 1. The molecule has 0 aliphatic carbocycles. The van der Waals surface area contributed by atoms with Crippen LogP contribution in [0.15, 0.2) is 30.3 Å². The summed E-state index contributed by atoms with van der Waals surface area (Å²) in [7, 11) is 0. The number of rotatable bonds is 4. The van der Waals surface area contributed by atoms with E-state index in [1.807, 2.05) is 30.3 Å². The summed E-state index contributed by atoms with van der Waals surface area (Å²) in [6, 6.07) is 9.74. The molecule has 1 unspecified atom stereocenters. The molecule has 0 saturated heterocycles. The maximum atomic E-state index is 10.9. The predicted molar refractivity (Wildman–Crippen MR) is 70.4 cm³/mol. The van der Waals surface area contributed by atoms with Crippen molar-refractivity contribution in [2.24, 2.45) is 5.73 Å². The van der Waals surface area contributed by atoms with E-state index in [0.29, 0.717) is 10.1 Å². The van der Waals surface area contributed by atoms with Gasteiger partial charge in [0.1, 0.15) is 0 Å². The van der Waals surface area contributed by atoms with Gasteiger partial charge in [0, 0.05) is 0 Å². The third-order valence-electron chi connectivity index (χ3n) is 2.23. The molecule has 0 aliphatic rings. The van der Waals surface area contributed by atoms with E-state index in [0.717, 1.165) is 5.56 Å². The summed E-state index contributed by atoms with van der Waals surface area (Å²) in [5.41, 5.74) is 5.33. The first-order valence-corrected chi connectivity index (χ1v) is 6.38. The normalized spacial score (nSPS) is 13.9. The van der Waals surface area contributed by atoms with E-state index >= 15 is 0 Å². The SMILES string of the molecule is C[C@@](Cc1ccccc1)(OC(N)=O)C(=S)[AsH2]. The fraction of sp³-hybridized carbons (Fsp3) is 0.273. The zero-order valence-corrected chi connectivity index (χ0v) is 12.2. The summed E-state index contributed by atoms with van der Waals surface area (Å²) >= 11 is 6.42. The molecule has 2 N–H and O–H groups in total. The average molecular weight is 299 g/mol. The second-order valence-electron chi connectivity index (χ2n) is 3.68. The molecule has 0 radical (unpaired) electrons. The van der Waals surface area contributed by atoms with Gasteiger partial charge < -0.3 is 0 Å². The van der Waals surface area contributed by atoms with Crippen molar-refractivity contribution >= 4 is 38.8 Å². The Balaban J connectivity index is 2.87. The molecule has 0 aromatic heterocycles. The zero-order chi connectivity index (χ0) is 12.2. The predicted octanol–water partition coefficient (Wildman–Crippen LogP) is 1.04. The number of carbonyl (C=O) groups is 1. The van der Waals surface area contributed by atoms with Gasteiger partial charge in [-0.05, 0) is 0 Å². The van der Waals surface area contributed by atoms with E-state index in [9.17, 15) is 4.79 Å². The summed E-state index contributed by atoms with van der Waals surface area (Å²) < 4.78 is 5.79. The molecule has 0 aliphatic heterocycles. The molecule has 3 nitrogen and oxygen atoms in total. The number of ether oxygens (including phenoxy) is 1. The van der Waals surface area contributed by atoms with Gasteiger partial charge >= 0.3 is 109 Å². The Morgan fingerprint density at radius 2 is 2.06 bits per heavy atom. The second kappa shape index (κ2) is 5.46. The summed E-state index contributed by atoms with van der Waals surface area (Å²) in [5, 5.41) is 0. The molecule has 0 heterocycles. The molecule has 0 fully saturated rings. The second-order valence-corrected chi connectivity index (χ2v) is 6.21. The molecule has 1 aromatic rings. The van der Waals surface area contributed by atoms with Gasteiger partial charge in [-0.2, -0.15) is 0 Å². The summed E-state index contributed by atoms with van der Waals surface area (Å²) in [5.74, 6) is 0. The van der Waals surface area contributed by atoms with Crippen molar-refractivity contribution in [3.8, 4) is 0 Å². The van der Waals surface area contributed by atoms with Crippen molar-refractivity contribution in [2.45, 2.75) is 18.9 Å². The van der Waals surface area contributed by atoms with Crippen molar-refractivity contribution < 1.29 is 9.53 Å². The number of benzene rings is 1. The van der Waals surface area contributed by atoms with Gasteiger partial charge in [-0.1, -0.05) is 0 Å². The van der Waals surface area contributed by atoms with E-state index in [4.69, 9.17) is 22.7 Å². The molecule has 1 amide bonds. The molecule has 1 aromatic carbocycles. The fourth-order valence-corrected chi connectivity index (χ4v) is 1.83. The Labute approximate surface area is 109 Å². The monoisotopic (exact) mass is 299 g/mol. The van der Waals surface area contributed by atoms with Crippen LogP contribution >= 0.6 is 12.2 Å². The first kappa shape index (κ1) is 13.2. The standard InChI is InChI=1S/C11H14AsNO2S/c1-11(9(12)16,15-10(13)14)7-8-5-3-2-4-6-8/h2-6H,7,12H2,1H3,(H2,13,14)/t11-/m0/s1. The van der Waals surface area contributed by atoms with Gasteiger partial charge in [-0.25, -0.2) is 0 Å². The quantitative estimate of drug-likeness (QED) is 0.668. The van der Waals surface area contributed by atoms with Crippen molar-refractivity contribution in [1.82, 2.24) is 0 Å². The molecule has 16 heavy (non-hydrogen) atoms. The molecule has 86 valence electrons. The van der Waals surface area contributed by atoms with Gasteiger partial charge in [0.25, 0.3) is 0 Å². The van der Waals surface area contributed by atoms with Crippen molar-refractivity contribution in [3.05, 3.63) is 35.9 Å². The molecule has 0 bridgehead atoms. The van der Waals surface area contributed by atoms with Crippen LogP contribution in [0.25, 0.3) is 0 Å². The Kier molecular flexibility index (Phi) is 4.51. The van der Waals surface area contributed by atoms with Crippen LogP contribution < -0.4 is 5.73 Å². The minimum atomic E-state index is -0.793. The average Bonchev–Trinajstić information content (AvgIpc) is 2.17. The Bertz CT molecular complexity index is 396. The Hall–Kier alpha value is -0.862. The van der Waals surface area contributed by atoms with E-state index in [1.165, 1.54) is 16.9 Å². The van der Waals surface area contributed by atoms with Gasteiger partial charge in [0.05, 0.1) is 0 Å². The number of amides is 1. The third kappa shape index (κ3) is 3.62. The Morgan fingerprint density at radius 3 is 2.50 bits per heavy atom. The van der Waals surface area contributed by atoms with Crippen LogP contribution in [0.5, 0.6) is 0 Å². The third-order valence-corrected chi connectivity index (χ3v) is 3.94. The van der Waals surface area contributed by atoms with Crippen molar-refractivity contribution in [3.63, 3.8) is 0 Å². The van der Waals surface area contributed by atoms with Crippen LogP contribution in [0.1, 0.15) is 12.5 Å². The molecule has 2 atom stereocenters. The topological polar surface area (TPSA) is 52.3 Å². The molecular weight excluding hydrogens is 285 g/mol. The van der Waals surface area contributed by atoms with E-state index in [1.54, 1.807) is 6.92 Å². The minimum absolute atomic E-state index is 0.549. The van der Waals surface area contributed by atoms with E-state index < -0.39 is 11.7 Å². The number of primary amides is 1. The van der Waals surface area contributed by atoms with Gasteiger partial charge in [0.15, 0.2) is 0 Å². The first-order valence-electron chi connectivity index (χ1n) is 4.76. The summed E-state index contributed by atoms with van der Waals surface area (Å²) in [4.78, 5) is 10.9. The maximum absolute atomic E-state index is 10.9. The van der Waals surface area contributed by atoms with E-state index in [2.05, 4.69) is 0 Å². The van der Waals surface area contributed by atoms with Gasteiger partial charge in [0.2, 0.25) is 0 Å². The van der Waals surface area contributed by atoms with Crippen molar-refractivity contribution in [2.75, 3.05) is 0 Å². The zero-order valence-electron chi connectivity index (χ0n) is 8.97.